The van der Waals surface area contributed by atoms with Gasteiger partial charge in [-0.05, 0) is 37.3 Å². The molecule has 0 aliphatic rings. The zero-order valence-corrected chi connectivity index (χ0v) is 13.6. The molecule has 0 aliphatic heterocycles. The minimum atomic E-state index is -0.0799. The minimum absolute atomic E-state index is 0.0799. The van der Waals surface area contributed by atoms with Crippen LogP contribution < -0.4 is 16.0 Å². The zero-order chi connectivity index (χ0) is 15.4. The first-order chi connectivity index (χ1) is 9.95. The van der Waals surface area contributed by atoms with Crippen molar-refractivity contribution in [2.24, 2.45) is 0 Å². The molecule has 4 nitrogen and oxygen atoms in total. The fourth-order valence-corrected chi connectivity index (χ4v) is 2.39. The van der Waals surface area contributed by atoms with Crippen LogP contribution >= 0.6 is 15.9 Å². The molecule has 0 bridgehead atoms. The van der Waals surface area contributed by atoms with Crippen molar-refractivity contribution in [1.82, 2.24) is 0 Å². The molecule has 0 aliphatic carbocycles. The number of amides is 1. The molecule has 0 unspecified atom stereocenters. The maximum atomic E-state index is 12.1. The Morgan fingerprint density at radius 1 is 1.24 bits per heavy atom. The molecule has 0 spiro atoms. The summed E-state index contributed by atoms with van der Waals surface area (Å²) in [6.07, 6.45) is 0. The van der Waals surface area contributed by atoms with E-state index in [0.29, 0.717) is 5.69 Å². The molecule has 0 saturated carbocycles. The highest BCUT2D eigenvalue weighted by Gasteiger charge is 2.10. The van der Waals surface area contributed by atoms with Gasteiger partial charge in [-0.1, -0.05) is 33.6 Å². The lowest BCUT2D eigenvalue weighted by molar-refractivity contribution is -0.114. The third kappa shape index (κ3) is 4.23. The summed E-state index contributed by atoms with van der Waals surface area (Å²) >= 11 is 3.37. The smallest absolute Gasteiger partial charge is 0.243 e. The van der Waals surface area contributed by atoms with Crippen LogP contribution in [0.4, 0.5) is 17.1 Å². The normalized spacial score (nSPS) is 10.2. The van der Waals surface area contributed by atoms with Crippen LogP contribution in [0.25, 0.3) is 0 Å². The highest BCUT2D eigenvalue weighted by Crippen LogP contribution is 2.25. The van der Waals surface area contributed by atoms with Gasteiger partial charge in [0.25, 0.3) is 0 Å². The number of rotatable bonds is 4. The van der Waals surface area contributed by atoms with E-state index in [1.807, 2.05) is 61.3 Å². The third-order valence-electron chi connectivity index (χ3n) is 3.12. The first-order valence-corrected chi connectivity index (χ1v) is 7.37. The van der Waals surface area contributed by atoms with Gasteiger partial charge in [0.05, 0.1) is 17.9 Å². The molecule has 1 amide bonds. The van der Waals surface area contributed by atoms with Gasteiger partial charge in [0, 0.05) is 17.2 Å². The molecule has 0 radical (unpaired) electrons. The molecule has 110 valence electrons. The summed E-state index contributed by atoms with van der Waals surface area (Å²) in [6.45, 7) is 2.25. The van der Waals surface area contributed by atoms with Crippen LogP contribution in [0.1, 0.15) is 5.56 Å². The number of carbonyl (C=O) groups excluding carboxylic acids is 1. The van der Waals surface area contributed by atoms with Crippen LogP contribution in [0, 0.1) is 6.92 Å². The lowest BCUT2D eigenvalue weighted by Crippen LogP contribution is -2.30. The summed E-state index contributed by atoms with van der Waals surface area (Å²) < 4.78 is 0.918. The molecule has 2 rings (SSSR count). The Kier molecular flexibility index (Phi) is 4.85. The van der Waals surface area contributed by atoms with Crippen molar-refractivity contribution in [3.63, 3.8) is 0 Å². The quantitative estimate of drug-likeness (QED) is 0.833. The van der Waals surface area contributed by atoms with E-state index in [0.717, 1.165) is 21.4 Å². The van der Waals surface area contributed by atoms with Crippen LogP contribution in [0.15, 0.2) is 46.9 Å². The number of carbonyl (C=O) groups is 1. The van der Waals surface area contributed by atoms with E-state index in [2.05, 4.69) is 21.2 Å². The largest absolute Gasteiger partial charge is 0.397 e. The lowest BCUT2D eigenvalue weighted by atomic mass is 10.2. The fraction of sp³-hybridized carbons (Fsp3) is 0.188. The number of nitrogens with one attached hydrogen (secondary N) is 1. The highest BCUT2D eigenvalue weighted by molar-refractivity contribution is 9.10. The average molecular weight is 348 g/mol. The molecule has 0 saturated heterocycles. The standard InChI is InChI=1S/C16H18BrN3O/c1-11-3-6-13(7-4-11)19-16(21)10-20(2)15-8-5-12(17)9-14(15)18/h3-9H,10,18H2,1-2H3,(H,19,21). The monoisotopic (exact) mass is 347 g/mol. The molecule has 0 aromatic heterocycles. The maximum Gasteiger partial charge on any atom is 0.243 e. The molecule has 21 heavy (non-hydrogen) atoms. The number of hydrogen-bond acceptors (Lipinski definition) is 3. The summed E-state index contributed by atoms with van der Waals surface area (Å²) in [5.74, 6) is -0.0799. The van der Waals surface area contributed by atoms with E-state index in [4.69, 9.17) is 5.73 Å². The summed E-state index contributed by atoms with van der Waals surface area (Å²) in [5.41, 5.74) is 9.38. The van der Waals surface area contributed by atoms with E-state index >= 15 is 0 Å². The first kappa shape index (κ1) is 15.4. The predicted octanol–water partition coefficient (Wildman–Crippen LogP) is 3.41. The van der Waals surface area contributed by atoms with Gasteiger partial charge in [0.15, 0.2) is 0 Å². The van der Waals surface area contributed by atoms with Crippen LogP contribution in [0.2, 0.25) is 0 Å². The number of nitrogens with zero attached hydrogens (tertiary/aromatic N) is 1. The second-order valence-corrected chi connectivity index (χ2v) is 5.89. The maximum absolute atomic E-state index is 12.1. The SMILES string of the molecule is Cc1ccc(NC(=O)CN(C)c2ccc(Br)cc2N)cc1. The average Bonchev–Trinajstić information content (AvgIpc) is 2.41. The molecule has 0 heterocycles. The van der Waals surface area contributed by atoms with Crippen molar-refractivity contribution in [3.05, 3.63) is 52.5 Å². The molecular weight excluding hydrogens is 330 g/mol. The van der Waals surface area contributed by atoms with E-state index in [9.17, 15) is 4.79 Å². The van der Waals surface area contributed by atoms with Crippen LogP contribution in [0.3, 0.4) is 0 Å². The highest BCUT2D eigenvalue weighted by atomic mass is 79.9. The van der Waals surface area contributed by atoms with Crippen LogP contribution in [-0.4, -0.2) is 19.5 Å². The van der Waals surface area contributed by atoms with Crippen molar-refractivity contribution in [3.8, 4) is 0 Å². The fourth-order valence-electron chi connectivity index (χ4n) is 2.01. The van der Waals surface area contributed by atoms with Crippen molar-refractivity contribution in [2.45, 2.75) is 6.92 Å². The van der Waals surface area contributed by atoms with Gasteiger partial charge in [-0.15, -0.1) is 0 Å². The number of likely N-dealkylation sites (N-methyl/N-ethyl adjacent to an activating group) is 1. The van der Waals surface area contributed by atoms with Gasteiger partial charge in [-0.3, -0.25) is 4.79 Å². The zero-order valence-electron chi connectivity index (χ0n) is 12.1. The number of hydrogen-bond donors (Lipinski definition) is 2. The Labute approximate surface area is 133 Å². The van der Waals surface area contributed by atoms with E-state index in [1.165, 1.54) is 0 Å². The molecule has 2 aromatic rings. The molecule has 5 heteroatoms. The Morgan fingerprint density at radius 3 is 2.52 bits per heavy atom. The van der Waals surface area contributed by atoms with Crippen molar-refractivity contribution in [1.29, 1.82) is 0 Å². The van der Waals surface area contributed by atoms with Gasteiger partial charge in [-0.2, -0.15) is 0 Å². The Bertz CT molecular complexity index is 640. The van der Waals surface area contributed by atoms with Gasteiger partial charge in [0.1, 0.15) is 0 Å². The summed E-state index contributed by atoms with van der Waals surface area (Å²) in [4.78, 5) is 13.9. The summed E-state index contributed by atoms with van der Waals surface area (Å²) in [6, 6.07) is 13.3. The summed E-state index contributed by atoms with van der Waals surface area (Å²) in [5, 5.41) is 2.87. The van der Waals surface area contributed by atoms with Crippen LogP contribution in [0.5, 0.6) is 0 Å². The van der Waals surface area contributed by atoms with Crippen molar-refractivity contribution >= 4 is 38.9 Å². The number of benzene rings is 2. The number of nitrogens with two attached hydrogens (primary N) is 1. The predicted molar refractivity (Wildman–Crippen MR) is 91.6 cm³/mol. The molecule has 0 atom stereocenters. The van der Waals surface area contributed by atoms with Gasteiger partial charge < -0.3 is 16.0 Å². The molecular formula is C16H18BrN3O. The topological polar surface area (TPSA) is 58.4 Å². The van der Waals surface area contributed by atoms with Crippen molar-refractivity contribution < 1.29 is 4.79 Å². The number of aryl methyl sites for hydroxylation is 1. The second kappa shape index (κ2) is 6.63. The van der Waals surface area contributed by atoms with Gasteiger partial charge in [0.2, 0.25) is 5.91 Å². The minimum Gasteiger partial charge on any atom is -0.397 e. The number of nitrogen functional groups attached to an aromatic ring is 1. The van der Waals surface area contributed by atoms with Gasteiger partial charge >= 0.3 is 0 Å². The summed E-state index contributed by atoms with van der Waals surface area (Å²) in [7, 11) is 1.84. The first-order valence-electron chi connectivity index (χ1n) is 6.58. The van der Waals surface area contributed by atoms with E-state index in [1.54, 1.807) is 0 Å². The number of halogens is 1. The Morgan fingerprint density at radius 2 is 1.90 bits per heavy atom. The number of anilines is 3. The van der Waals surface area contributed by atoms with Crippen LogP contribution in [-0.2, 0) is 4.79 Å². The Balaban J connectivity index is 2.00. The molecule has 2 aromatic carbocycles. The van der Waals surface area contributed by atoms with Gasteiger partial charge in [-0.25, -0.2) is 0 Å². The lowest BCUT2D eigenvalue weighted by Gasteiger charge is -2.20. The Hall–Kier alpha value is -2.01. The molecule has 3 N–H and O–H groups in total. The molecule has 0 fully saturated rings. The third-order valence-corrected chi connectivity index (χ3v) is 3.61. The van der Waals surface area contributed by atoms with E-state index in [-0.39, 0.29) is 12.5 Å². The van der Waals surface area contributed by atoms with E-state index < -0.39 is 0 Å². The van der Waals surface area contributed by atoms with Crippen molar-refractivity contribution in [2.75, 3.05) is 29.5 Å². The second-order valence-electron chi connectivity index (χ2n) is 4.97.